The van der Waals surface area contributed by atoms with Crippen LogP contribution in [0.15, 0.2) is 30.3 Å². The lowest BCUT2D eigenvalue weighted by atomic mass is 10.0. The molecule has 3 N–H and O–H groups in total. The fourth-order valence-electron chi connectivity index (χ4n) is 2.74. The first-order valence-electron chi connectivity index (χ1n) is 10.7. The van der Waals surface area contributed by atoms with Gasteiger partial charge in [0.05, 0.1) is 0 Å². The third-order valence-corrected chi connectivity index (χ3v) is 4.33. The lowest BCUT2D eigenvalue weighted by Crippen LogP contribution is -2.57. The summed E-state index contributed by atoms with van der Waals surface area (Å²) in [5.41, 5.74) is -0.882. The van der Waals surface area contributed by atoms with Gasteiger partial charge in [0.25, 0.3) is 0 Å². The van der Waals surface area contributed by atoms with E-state index in [4.69, 9.17) is 9.47 Å². The van der Waals surface area contributed by atoms with Crippen LogP contribution in [-0.4, -0.2) is 41.8 Å². The van der Waals surface area contributed by atoms with Gasteiger partial charge in [0, 0.05) is 12.6 Å². The summed E-state index contributed by atoms with van der Waals surface area (Å²) in [6.45, 7) is 11.1. The second-order valence-corrected chi connectivity index (χ2v) is 8.99. The van der Waals surface area contributed by atoms with Gasteiger partial charge in [-0.1, -0.05) is 43.7 Å². The van der Waals surface area contributed by atoms with E-state index < -0.39 is 23.3 Å². The van der Waals surface area contributed by atoms with E-state index in [9.17, 15) is 14.4 Å². The van der Waals surface area contributed by atoms with Crippen LogP contribution in [0.1, 0.15) is 66.4 Å². The molecule has 0 bridgehead atoms. The van der Waals surface area contributed by atoms with E-state index in [0.717, 1.165) is 18.4 Å². The maximum Gasteiger partial charge on any atom is 0.408 e. The standard InChI is InChI=1S/C23H37N3O5/c1-7-11-18(14-15-24-20(28)30-16-17-12-9-8-10-13-17)25-19(27)23(5,6)26-21(29)31-22(2,3)4/h8-10,12-13,18H,7,11,14-16H2,1-6H3,(H,24,28)(H,25,27)(H,26,29). The second kappa shape index (κ2) is 12.2. The number of alkyl carbamates (subject to hydrolysis) is 2. The number of carbonyl (C=O) groups is 3. The average molecular weight is 436 g/mol. The molecule has 0 saturated heterocycles. The van der Waals surface area contributed by atoms with Gasteiger partial charge < -0.3 is 25.4 Å². The van der Waals surface area contributed by atoms with Gasteiger partial charge in [-0.05, 0) is 53.0 Å². The Morgan fingerprint density at radius 2 is 1.61 bits per heavy atom. The Balaban J connectivity index is 2.46. The zero-order chi connectivity index (χ0) is 23.5. The van der Waals surface area contributed by atoms with Crippen molar-refractivity contribution in [3.05, 3.63) is 35.9 Å². The van der Waals surface area contributed by atoms with Crippen molar-refractivity contribution in [1.82, 2.24) is 16.0 Å². The van der Waals surface area contributed by atoms with Crippen LogP contribution >= 0.6 is 0 Å². The Kier molecular flexibility index (Phi) is 10.3. The Morgan fingerprint density at radius 1 is 0.968 bits per heavy atom. The highest BCUT2D eigenvalue weighted by molar-refractivity contribution is 5.89. The summed E-state index contributed by atoms with van der Waals surface area (Å²) >= 11 is 0. The lowest BCUT2D eigenvalue weighted by Gasteiger charge is -2.29. The van der Waals surface area contributed by atoms with Crippen LogP contribution in [0.2, 0.25) is 0 Å². The second-order valence-electron chi connectivity index (χ2n) is 8.99. The van der Waals surface area contributed by atoms with Crippen LogP contribution in [0.3, 0.4) is 0 Å². The normalized spacial score (nSPS) is 12.5. The Bertz CT molecular complexity index is 714. The van der Waals surface area contributed by atoms with Crippen molar-refractivity contribution in [2.45, 2.75) is 84.6 Å². The molecule has 1 aromatic rings. The van der Waals surface area contributed by atoms with Crippen LogP contribution < -0.4 is 16.0 Å². The summed E-state index contributed by atoms with van der Waals surface area (Å²) in [6.07, 6.45) is 1.00. The summed E-state index contributed by atoms with van der Waals surface area (Å²) < 4.78 is 10.4. The molecule has 0 heterocycles. The van der Waals surface area contributed by atoms with E-state index >= 15 is 0 Å². The summed E-state index contributed by atoms with van der Waals surface area (Å²) in [7, 11) is 0. The van der Waals surface area contributed by atoms with E-state index in [0.29, 0.717) is 13.0 Å². The first kappa shape index (κ1) is 26.3. The third kappa shape index (κ3) is 11.3. The van der Waals surface area contributed by atoms with Gasteiger partial charge in [0.1, 0.15) is 17.7 Å². The topological polar surface area (TPSA) is 106 Å². The minimum atomic E-state index is -1.14. The predicted molar refractivity (Wildman–Crippen MR) is 120 cm³/mol. The van der Waals surface area contributed by atoms with Gasteiger partial charge in [-0.15, -0.1) is 0 Å². The smallest absolute Gasteiger partial charge is 0.408 e. The molecule has 1 aromatic carbocycles. The number of hydrogen-bond donors (Lipinski definition) is 3. The van der Waals surface area contributed by atoms with Crippen LogP contribution in [0, 0.1) is 0 Å². The molecular formula is C23H37N3O5. The number of nitrogens with one attached hydrogen (secondary N) is 3. The Morgan fingerprint density at radius 3 is 2.19 bits per heavy atom. The molecule has 8 nitrogen and oxygen atoms in total. The predicted octanol–water partition coefficient (Wildman–Crippen LogP) is 3.89. The molecule has 1 atom stereocenters. The molecule has 0 aliphatic rings. The fourth-order valence-corrected chi connectivity index (χ4v) is 2.74. The number of hydrogen-bond acceptors (Lipinski definition) is 5. The molecule has 0 spiro atoms. The van der Waals surface area contributed by atoms with Gasteiger partial charge in [0.2, 0.25) is 5.91 Å². The summed E-state index contributed by atoms with van der Waals surface area (Å²) in [6, 6.07) is 9.28. The molecule has 0 aliphatic heterocycles. The van der Waals surface area contributed by atoms with E-state index in [2.05, 4.69) is 16.0 Å². The summed E-state index contributed by atoms with van der Waals surface area (Å²) in [4.78, 5) is 36.6. The molecule has 174 valence electrons. The van der Waals surface area contributed by atoms with Gasteiger partial charge in [0.15, 0.2) is 0 Å². The highest BCUT2D eigenvalue weighted by atomic mass is 16.6. The van der Waals surface area contributed by atoms with Crippen molar-refractivity contribution in [1.29, 1.82) is 0 Å². The van der Waals surface area contributed by atoms with Crippen molar-refractivity contribution in [3.63, 3.8) is 0 Å². The third-order valence-electron chi connectivity index (χ3n) is 4.33. The van der Waals surface area contributed by atoms with Gasteiger partial charge in [-0.25, -0.2) is 9.59 Å². The molecule has 0 aromatic heterocycles. The summed E-state index contributed by atoms with van der Waals surface area (Å²) in [5.74, 6) is -0.316. The number of rotatable bonds is 10. The fraction of sp³-hybridized carbons (Fsp3) is 0.609. The molecule has 3 amide bonds. The summed E-state index contributed by atoms with van der Waals surface area (Å²) in [5, 5.41) is 8.27. The Hall–Kier alpha value is -2.77. The monoisotopic (exact) mass is 435 g/mol. The quantitative estimate of drug-likeness (QED) is 0.517. The molecule has 0 saturated carbocycles. The number of carbonyl (C=O) groups excluding carboxylic acids is 3. The van der Waals surface area contributed by atoms with E-state index in [1.54, 1.807) is 34.6 Å². The first-order chi connectivity index (χ1) is 14.4. The Labute approximate surface area is 185 Å². The van der Waals surface area contributed by atoms with Gasteiger partial charge in [-0.2, -0.15) is 0 Å². The largest absolute Gasteiger partial charge is 0.445 e. The zero-order valence-corrected chi connectivity index (χ0v) is 19.5. The van der Waals surface area contributed by atoms with Crippen LogP contribution in [0.5, 0.6) is 0 Å². The van der Waals surface area contributed by atoms with Crippen molar-refractivity contribution in [3.8, 4) is 0 Å². The van der Waals surface area contributed by atoms with Crippen LogP contribution in [0.4, 0.5) is 9.59 Å². The van der Waals surface area contributed by atoms with E-state index in [-0.39, 0.29) is 18.6 Å². The van der Waals surface area contributed by atoms with Crippen molar-refractivity contribution < 1.29 is 23.9 Å². The zero-order valence-electron chi connectivity index (χ0n) is 19.5. The van der Waals surface area contributed by atoms with E-state index in [1.165, 1.54) is 0 Å². The number of benzene rings is 1. The molecule has 1 rings (SSSR count). The maximum atomic E-state index is 12.7. The minimum absolute atomic E-state index is 0.147. The van der Waals surface area contributed by atoms with Crippen LogP contribution in [0.25, 0.3) is 0 Å². The lowest BCUT2D eigenvalue weighted by molar-refractivity contribution is -0.127. The first-order valence-corrected chi connectivity index (χ1v) is 10.7. The molecule has 0 radical (unpaired) electrons. The molecule has 1 unspecified atom stereocenters. The highest BCUT2D eigenvalue weighted by Gasteiger charge is 2.32. The highest BCUT2D eigenvalue weighted by Crippen LogP contribution is 2.11. The van der Waals surface area contributed by atoms with Gasteiger partial charge in [-0.3, -0.25) is 4.79 Å². The minimum Gasteiger partial charge on any atom is -0.445 e. The number of amides is 3. The van der Waals surface area contributed by atoms with Crippen molar-refractivity contribution >= 4 is 18.1 Å². The molecule has 31 heavy (non-hydrogen) atoms. The number of ether oxygens (including phenoxy) is 2. The molecule has 8 heteroatoms. The van der Waals surface area contributed by atoms with E-state index in [1.807, 2.05) is 37.3 Å². The van der Waals surface area contributed by atoms with Crippen LogP contribution in [-0.2, 0) is 20.9 Å². The van der Waals surface area contributed by atoms with Crippen molar-refractivity contribution in [2.24, 2.45) is 0 Å². The molecule has 0 aliphatic carbocycles. The SMILES string of the molecule is CCCC(CCNC(=O)OCc1ccccc1)NC(=O)C(C)(C)NC(=O)OC(C)(C)C. The van der Waals surface area contributed by atoms with Gasteiger partial charge >= 0.3 is 12.2 Å². The molecular weight excluding hydrogens is 398 g/mol. The average Bonchev–Trinajstić information content (AvgIpc) is 2.65. The molecule has 0 fully saturated rings. The van der Waals surface area contributed by atoms with Crippen molar-refractivity contribution in [2.75, 3.05) is 6.54 Å². The maximum absolute atomic E-state index is 12.7.